The van der Waals surface area contributed by atoms with Gasteiger partial charge in [0.25, 0.3) is 5.56 Å². The van der Waals surface area contributed by atoms with E-state index in [0.29, 0.717) is 5.56 Å². The number of rotatable bonds is 3. The van der Waals surface area contributed by atoms with Gasteiger partial charge < -0.3 is 19.9 Å². The molecule has 7 heteroatoms. The van der Waals surface area contributed by atoms with Crippen LogP contribution in [0.1, 0.15) is 17.3 Å². The molecule has 0 bridgehead atoms. The van der Waals surface area contributed by atoms with Crippen LogP contribution in [0.4, 0.5) is 4.39 Å². The maximum Gasteiger partial charge on any atom is 0.340 e. The van der Waals surface area contributed by atoms with Crippen LogP contribution in [0.25, 0.3) is 22.0 Å². The van der Waals surface area contributed by atoms with Crippen molar-refractivity contribution in [1.29, 1.82) is 0 Å². The van der Waals surface area contributed by atoms with Crippen LogP contribution < -0.4 is 5.56 Å². The molecule has 6 nitrogen and oxygen atoms in total. The molecule has 1 heterocycles. The number of aromatic amines is 1. The van der Waals surface area contributed by atoms with Gasteiger partial charge >= 0.3 is 5.97 Å². The fourth-order valence-corrected chi connectivity index (χ4v) is 2.67. The van der Waals surface area contributed by atoms with E-state index in [-0.39, 0.29) is 34.4 Å². The van der Waals surface area contributed by atoms with E-state index in [9.17, 15) is 24.2 Å². The molecular weight excluding hydrogens is 329 g/mol. The summed E-state index contributed by atoms with van der Waals surface area (Å²) in [6.45, 7) is 1.71. The summed E-state index contributed by atoms with van der Waals surface area (Å²) in [5.41, 5.74) is -0.193. The van der Waals surface area contributed by atoms with E-state index in [0.717, 1.165) is 6.07 Å². The van der Waals surface area contributed by atoms with Crippen LogP contribution in [-0.4, -0.2) is 27.8 Å². The number of hydrogen-bond donors (Lipinski definition) is 3. The van der Waals surface area contributed by atoms with Crippen molar-refractivity contribution < 1.29 is 24.1 Å². The lowest BCUT2D eigenvalue weighted by atomic mass is 9.99. The van der Waals surface area contributed by atoms with E-state index in [1.54, 1.807) is 6.92 Å². The molecule has 25 heavy (non-hydrogen) atoms. The Hall–Kier alpha value is -3.35. The minimum Gasteiger partial charge on any atom is -0.508 e. The van der Waals surface area contributed by atoms with E-state index >= 15 is 0 Å². The van der Waals surface area contributed by atoms with E-state index in [2.05, 4.69) is 4.98 Å². The molecule has 3 rings (SSSR count). The van der Waals surface area contributed by atoms with Gasteiger partial charge in [0.15, 0.2) is 0 Å². The Balaban J connectivity index is 2.44. The van der Waals surface area contributed by atoms with Crippen LogP contribution in [0.15, 0.2) is 41.2 Å². The van der Waals surface area contributed by atoms with Crippen LogP contribution in [0.2, 0.25) is 0 Å². The summed E-state index contributed by atoms with van der Waals surface area (Å²) in [6, 6.07) is 7.38. The fourth-order valence-electron chi connectivity index (χ4n) is 2.67. The number of esters is 1. The first kappa shape index (κ1) is 16.5. The second-order valence-corrected chi connectivity index (χ2v) is 5.32. The lowest BCUT2D eigenvalue weighted by Crippen LogP contribution is -2.16. The summed E-state index contributed by atoms with van der Waals surface area (Å²) >= 11 is 0. The third-order valence-corrected chi connectivity index (χ3v) is 3.70. The summed E-state index contributed by atoms with van der Waals surface area (Å²) in [5, 5.41) is 19.6. The Bertz CT molecular complexity index is 1020. The highest BCUT2D eigenvalue weighted by molar-refractivity contribution is 6.10. The number of benzene rings is 2. The molecule has 0 fully saturated rings. The average Bonchev–Trinajstić information content (AvgIpc) is 2.54. The van der Waals surface area contributed by atoms with Crippen LogP contribution in [-0.2, 0) is 4.74 Å². The van der Waals surface area contributed by atoms with E-state index in [4.69, 9.17) is 4.74 Å². The minimum absolute atomic E-state index is 0.0331. The second-order valence-electron chi connectivity index (χ2n) is 5.32. The molecule has 0 saturated heterocycles. The highest BCUT2D eigenvalue weighted by Crippen LogP contribution is 2.33. The molecule has 1 aromatic heterocycles. The van der Waals surface area contributed by atoms with E-state index < -0.39 is 23.1 Å². The van der Waals surface area contributed by atoms with Crippen LogP contribution >= 0.6 is 0 Å². The first-order valence-electron chi connectivity index (χ1n) is 7.47. The molecule has 0 saturated carbocycles. The molecule has 3 N–H and O–H groups in total. The summed E-state index contributed by atoms with van der Waals surface area (Å²) in [7, 11) is 0. The van der Waals surface area contributed by atoms with E-state index in [1.807, 2.05) is 0 Å². The van der Waals surface area contributed by atoms with Crippen LogP contribution in [0.3, 0.4) is 0 Å². The monoisotopic (exact) mass is 343 g/mol. The average molecular weight is 343 g/mol. The van der Waals surface area contributed by atoms with Gasteiger partial charge in [0, 0.05) is 11.5 Å². The predicted octanol–water partition coefficient (Wildman–Crippen LogP) is 2.92. The molecule has 2 aromatic carbocycles. The van der Waals surface area contributed by atoms with Gasteiger partial charge in [-0.1, -0.05) is 0 Å². The van der Waals surface area contributed by atoms with Crippen molar-refractivity contribution >= 4 is 16.7 Å². The summed E-state index contributed by atoms with van der Waals surface area (Å²) < 4.78 is 18.2. The van der Waals surface area contributed by atoms with Gasteiger partial charge in [0.2, 0.25) is 0 Å². The molecule has 0 aliphatic rings. The second kappa shape index (κ2) is 6.27. The molecule has 0 amide bonds. The lowest BCUT2D eigenvalue weighted by molar-refractivity contribution is 0.0529. The van der Waals surface area contributed by atoms with Gasteiger partial charge in [-0.2, -0.15) is 0 Å². The van der Waals surface area contributed by atoms with Gasteiger partial charge in [-0.05, 0) is 42.8 Å². The number of phenols is 2. The van der Waals surface area contributed by atoms with Gasteiger partial charge in [-0.25, -0.2) is 9.18 Å². The number of pyridine rings is 1. The van der Waals surface area contributed by atoms with Gasteiger partial charge in [-0.3, -0.25) is 4.79 Å². The SMILES string of the molecule is CCOC(=O)c1c(-c2ccc(F)cc2)[nH]c(=O)c2c(O)cc(O)cc12. The fraction of sp³-hybridized carbons (Fsp3) is 0.111. The molecular formula is C18H14FNO5. The van der Waals surface area contributed by atoms with Gasteiger partial charge in [-0.15, -0.1) is 0 Å². The zero-order chi connectivity index (χ0) is 18.1. The van der Waals surface area contributed by atoms with Crippen molar-refractivity contribution in [2.24, 2.45) is 0 Å². The maximum atomic E-state index is 13.2. The van der Waals surface area contributed by atoms with Crippen molar-refractivity contribution in [2.45, 2.75) is 6.92 Å². The largest absolute Gasteiger partial charge is 0.508 e. The number of H-pyrrole nitrogens is 1. The number of aromatic hydroxyl groups is 2. The molecule has 0 radical (unpaired) electrons. The zero-order valence-corrected chi connectivity index (χ0v) is 13.2. The summed E-state index contributed by atoms with van der Waals surface area (Å²) in [4.78, 5) is 27.4. The number of phenolic OH excluding ortho intramolecular Hbond substituents is 2. The summed E-state index contributed by atoms with van der Waals surface area (Å²) in [5.74, 6) is -1.99. The third kappa shape index (κ3) is 2.91. The van der Waals surface area contributed by atoms with Crippen molar-refractivity contribution in [3.8, 4) is 22.8 Å². The maximum absolute atomic E-state index is 13.2. The number of fused-ring (bicyclic) bond motifs is 1. The van der Waals surface area contributed by atoms with Crippen LogP contribution in [0, 0.1) is 5.82 Å². The number of ether oxygens (including phenoxy) is 1. The smallest absolute Gasteiger partial charge is 0.340 e. The summed E-state index contributed by atoms with van der Waals surface area (Å²) in [6.07, 6.45) is 0. The Morgan fingerprint density at radius 2 is 1.88 bits per heavy atom. The first-order chi connectivity index (χ1) is 11.9. The number of aromatic nitrogens is 1. The Kier molecular flexibility index (Phi) is 4.14. The molecule has 0 aliphatic carbocycles. The lowest BCUT2D eigenvalue weighted by Gasteiger charge is -2.13. The number of carbonyl (C=O) groups is 1. The highest BCUT2D eigenvalue weighted by Gasteiger charge is 2.22. The number of carbonyl (C=O) groups excluding carboxylic acids is 1. The molecule has 128 valence electrons. The normalized spacial score (nSPS) is 10.8. The number of halogens is 1. The van der Waals surface area contributed by atoms with Crippen LogP contribution in [0.5, 0.6) is 11.5 Å². The Morgan fingerprint density at radius 1 is 1.20 bits per heavy atom. The van der Waals surface area contributed by atoms with Crippen molar-refractivity contribution in [3.63, 3.8) is 0 Å². The van der Waals surface area contributed by atoms with Crippen molar-refractivity contribution in [3.05, 3.63) is 58.1 Å². The van der Waals surface area contributed by atoms with Crippen molar-refractivity contribution in [1.82, 2.24) is 4.98 Å². The standard InChI is InChI=1S/C18H14FNO5/c1-2-25-18(24)15-12-7-11(21)8-13(22)14(12)17(23)20-16(15)9-3-5-10(19)6-4-9/h3-8,21-22H,2H2,1H3,(H,20,23). The first-order valence-corrected chi connectivity index (χ1v) is 7.47. The molecule has 0 spiro atoms. The number of nitrogens with one attached hydrogen (secondary N) is 1. The number of hydrogen-bond acceptors (Lipinski definition) is 5. The third-order valence-electron chi connectivity index (χ3n) is 3.70. The quantitative estimate of drug-likeness (QED) is 0.635. The van der Waals surface area contributed by atoms with Crippen molar-refractivity contribution in [2.75, 3.05) is 6.61 Å². The Labute approximate surface area is 141 Å². The molecule has 3 aromatic rings. The van der Waals surface area contributed by atoms with E-state index in [1.165, 1.54) is 30.3 Å². The van der Waals surface area contributed by atoms with Gasteiger partial charge in [0.1, 0.15) is 17.3 Å². The molecule has 0 unspecified atom stereocenters. The molecule has 0 atom stereocenters. The zero-order valence-electron chi connectivity index (χ0n) is 13.2. The molecule has 0 aliphatic heterocycles. The Morgan fingerprint density at radius 3 is 2.52 bits per heavy atom. The predicted molar refractivity (Wildman–Crippen MR) is 89.2 cm³/mol. The highest BCUT2D eigenvalue weighted by atomic mass is 19.1. The topological polar surface area (TPSA) is 99.6 Å². The van der Waals surface area contributed by atoms with Gasteiger partial charge in [0.05, 0.1) is 23.3 Å². The minimum atomic E-state index is -0.743.